The van der Waals surface area contributed by atoms with Crippen molar-refractivity contribution < 1.29 is 0 Å². The Morgan fingerprint density at radius 1 is 0.812 bits per heavy atom. The Hall–Kier alpha value is -1.56. The minimum Gasteiger partial charge on any atom is -0.106 e. The molecule has 16 heavy (non-hydrogen) atoms. The minimum atomic E-state index is 0.927. The van der Waals surface area contributed by atoms with E-state index in [-0.39, 0.29) is 0 Å². The molecule has 0 aliphatic rings. The number of hydrogen-bond donors (Lipinski definition) is 0. The standard InChI is InChI=1S/C12H16.C2H6.C2H4/c1-6-7-11(4)12(5)9-8-10(2)3;2*1-2/h6-9H,2,4-5H2,1,3H3;1-2H3;1-2H2/b7-6-,9-8-;;. The Morgan fingerprint density at radius 2 is 1.19 bits per heavy atom. The van der Waals surface area contributed by atoms with Gasteiger partial charge < -0.3 is 0 Å². The van der Waals surface area contributed by atoms with Crippen molar-refractivity contribution in [1.29, 1.82) is 0 Å². The molecule has 0 aromatic rings. The second-order valence-corrected chi connectivity index (χ2v) is 2.73. The molecule has 0 saturated carbocycles. The van der Waals surface area contributed by atoms with Crippen molar-refractivity contribution >= 4 is 0 Å². The summed E-state index contributed by atoms with van der Waals surface area (Å²) < 4.78 is 0. The number of rotatable bonds is 4. The maximum Gasteiger partial charge on any atom is -0.0262 e. The van der Waals surface area contributed by atoms with Crippen LogP contribution in [0.5, 0.6) is 0 Å². The molecule has 90 valence electrons. The van der Waals surface area contributed by atoms with E-state index in [9.17, 15) is 0 Å². The molecule has 0 heteroatoms. The fourth-order valence-electron chi connectivity index (χ4n) is 0.658. The third kappa shape index (κ3) is 14.9. The van der Waals surface area contributed by atoms with Crippen LogP contribution in [0.25, 0.3) is 0 Å². The van der Waals surface area contributed by atoms with Crippen molar-refractivity contribution in [2.75, 3.05) is 0 Å². The van der Waals surface area contributed by atoms with Crippen LogP contribution in [0.15, 0.2) is 73.9 Å². The fraction of sp³-hybridized carbons (Fsp3) is 0.250. The van der Waals surface area contributed by atoms with Crippen molar-refractivity contribution in [1.82, 2.24) is 0 Å². The summed E-state index contributed by atoms with van der Waals surface area (Å²) in [4.78, 5) is 0. The molecule has 0 bridgehead atoms. The molecule has 0 heterocycles. The highest BCUT2D eigenvalue weighted by molar-refractivity contribution is 5.43. The lowest BCUT2D eigenvalue weighted by atomic mass is 10.1. The minimum absolute atomic E-state index is 0.927. The molecule has 0 saturated heterocycles. The number of hydrogen-bond acceptors (Lipinski definition) is 0. The fourth-order valence-corrected chi connectivity index (χ4v) is 0.658. The summed E-state index contributed by atoms with van der Waals surface area (Å²) in [5.74, 6) is 0. The van der Waals surface area contributed by atoms with Gasteiger partial charge in [0.25, 0.3) is 0 Å². The molecule has 0 unspecified atom stereocenters. The molecular weight excluding hydrogens is 192 g/mol. The molecule has 0 amide bonds. The highest BCUT2D eigenvalue weighted by Gasteiger charge is 1.89. The van der Waals surface area contributed by atoms with Gasteiger partial charge in [0.1, 0.15) is 0 Å². The zero-order chi connectivity index (χ0) is 13.6. The summed E-state index contributed by atoms with van der Waals surface area (Å²) in [6.07, 6.45) is 7.73. The highest BCUT2D eigenvalue weighted by Crippen LogP contribution is 2.09. The quantitative estimate of drug-likeness (QED) is 0.423. The van der Waals surface area contributed by atoms with Gasteiger partial charge in [-0.05, 0) is 25.0 Å². The average molecular weight is 218 g/mol. The van der Waals surface area contributed by atoms with E-state index < -0.39 is 0 Å². The first-order valence-electron chi connectivity index (χ1n) is 5.42. The topological polar surface area (TPSA) is 0 Å². The molecule has 0 aliphatic heterocycles. The van der Waals surface area contributed by atoms with Crippen LogP contribution in [0, 0.1) is 0 Å². The van der Waals surface area contributed by atoms with Gasteiger partial charge in [0.2, 0.25) is 0 Å². The third-order valence-electron chi connectivity index (χ3n) is 1.35. The van der Waals surface area contributed by atoms with Crippen LogP contribution in [0.4, 0.5) is 0 Å². The predicted molar refractivity (Wildman–Crippen MR) is 79.7 cm³/mol. The second kappa shape index (κ2) is 15.9. The van der Waals surface area contributed by atoms with Crippen molar-refractivity contribution in [3.05, 3.63) is 73.9 Å². The van der Waals surface area contributed by atoms with E-state index in [1.54, 1.807) is 0 Å². The van der Waals surface area contributed by atoms with Gasteiger partial charge in [-0.25, -0.2) is 0 Å². The summed E-state index contributed by atoms with van der Waals surface area (Å²) >= 11 is 0. The summed E-state index contributed by atoms with van der Waals surface area (Å²) in [6, 6.07) is 0. The third-order valence-corrected chi connectivity index (χ3v) is 1.35. The van der Waals surface area contributed by atoms with Gasteiger partial charge >= 0.3 is 0 Å². The highest BCUT2D eigenvalue weighted by atomic mass is 13.9. The van der Waals surface area contributed by atoms with Crippen molar-refractivity contribution in [2.45, 2.75) is 27.7 Å². The second-order valence-electron chi connectivity index (χ2n) is 2.73. The van der Waals surface area contributed by atoms with Gasteiger partial charge in [-0.1, -0.05) is 63.5 Å². The first-order chi connectivity index (χ1) is 7.57. The van der Waals surface area contributed by atoms with E-state index in [0.717, 1.165) is 16.7 Å². The zero-order valence-corrected chi connectivity index (χ0v) is 11.3. The molecule has 0 fully saturated rings. The molecule has 0 aromatic heterocycles. The lowest BCUT2D eigenvalue weighted by molar-refractivity contribution is 1.50. The molecule has 0 nitrogen and oxygen atoms in total. The maximum absolute atomic E-state index is 3.87. The molecule has 0 spiro atoms. The smallest absolute Gasteiger partial charge is 0.0262 e. The van der Waals surface area contributed by atoms with Gasteiger partial charge in [0.05, 0.1) is 0 Å². The lowest BCUT2D eigenvalue weighted by Crippen LogP contribution is -1.77. The first kappa shape index (κ1) is 19.9. The van der Waals surface area contributed by atoms with Gasteiger partial charge in [0, 0.05) is 0 Å². The first-order valence-corrected chi connectivity index (χ1v) is 5.42. The van der Waals surface area contributed by atoms with E-state index >= 15 is 0 Å². The van der Waals surface area contributed by atoms with Gasteiger partial charge in [-0.2, -0.15) is 0 Å². The summed E-state index contributed by atoms with van der Waals surface area (Å²) in [5, 5.41) is 0. The molecule has 0 aliphatic carbocycles. The summed E-state index contributed by atoms with van der Waals surface area (Å²) in [5.41, 5.74) is 2.88. The van der Waals surface area contributed by atoms with E-state index in [1.165, 1.54) is 0 Å². The monoisotopic (exact) mass is 218 g/mol. The van der Waals surface area contributed by atoms with Crippen molar-refractivity contribution in [3.8, 4) is 0 Å². The largest absolute Gasteiger partial charge is 0.106 e. The normalized spacial score (nSPS) is 8.75. The Bertz CT molecular complexity index is 262. The molecule has 0 radical (unpaired) electrons. The van der Waals surface area contributed by atoms with Gasteiger partial charge in [-0.15, -0.1) is 13.2 Å². The Kier molecular flexibility index (Phi) is 19.8. The average Bonchev–Trinajstić information content (AvgIpc) is 2.31. The lowest BCUT2D eigenvalue weighted by Gasteiger charge is -1.97. The Morgan fingerprint density at radius 3 is 1.50 bits per heavy atom. The molecular formula is C16H26. The molecule has 0 atom stereocenters. The Labute approximate surface area is 102 Å². The molecule has 0 rings (SSSR count). The summed E-state index contributed by atoms with van der Waals surface area (Å²) in [6.45, 7) is 25.4. The van der Waals surface area contributed by atoms with Crippen molar-refractivity contribution in [3.63, 3.8) is 0 Å². The van der Waals surface area contributed by atoms with Crippen molar-refractivity contribution in [2.24, 2.45) is 0 Å². The van der Waals surface area contributed by atoms with E-state index in [4.69, 9.17) is 0 Å². The van der Waals surface area contributed by atoms with Crippen LogP contribution in [0.3, 0.4) is 0 Å². The van der Waals surface area contributed by atoms with Gasteiger partial charge in [0.15, 0.2) is 0 Å². The maximum atomic E-state index is 3.87. The van der Waals surface area contributed by atoms with E-state index in [1.807, 2.05) is 52.0 Å². The van der Waals surface area contributed by atoms with Crippen LogP contribution < -0.4 is 0 Å². The van der Waals surface area contributed by atoms with Crippen LogP contribution in [0.1, 0.15) is 27.7 Å². The zero-order valence-electron chi connectivity index (χ0n) is 11.3. The van der Waals surface area contributed by atoms with Crippen LogP contribution >= 0.6 is 0 Å². The molecule has 0 N–H and O–H groups in total. The predicted octanol–water partition coefficient (Wildman–Crippen LogP) is 5.64. The summed E-state index contributed by atoms with van der Waals surface area (Å²) in [7, 11) is 0. The van der Waals surface area contributed by atoms with E-state index in [2.05, 4.69) is 32.9 Å². The van der Waals surface area contributed by atoms with Crippen LogP contribution in [-0.4, -0.2) is 0 Å². The van der Waals surface area contributed by atoms with E-state index in [0.29, 0.717) is 0 Å². The Balaban J connectivity index is -0.000000376. The molecule has 0 aromatic carbocycles. The number of allylic oxidation sites excluding steroid dienone is 7. The van der Waals surface area contributed by atoms with Crippen LogP contribution in [0.2, 0.25) is 0 Å². The van der Waals surface area contributed by atoms with Gasteiger partial charge in [-0.3, -0.25) is 0 Å². The van der Waals surface area contributed by atoms with Crippen LogP contribution in [-0.2, 0) is 0 Å². The SMILES string of the molecule is C=C.C=C(C)/C=C\C(=C)C(=C)/C=C\C.CC.